The number of hydrogen-bond donors (Lipinski definition) is 1. The van der Waals surface area contributed by atoms with Crippen molar-refractivity contribution in [2.24, 2.45) is 16.7 Å². The van der Waals surface area contributed by atoms with E-state index in [-0.39, 0.29) is 16.7 Å². The van der Waals surface area contributed by atoms with Gasteiger partial charge in [0.2, 0.25) is 0 Å². The third kappa shape index (κ3) is 2.38. The van der Waals surface area contributed by atoms with Gasteiger partial charge in [0, 0.05) is 0 Å². The maximum atomic E-state index is 13.0. The normalized spacial score (nSPS) is 43.4. The molecule has 3 fully saturated rings. The van der Waals surface area contributed by atoms with E-state index in [1.807, 2.05) is 0 Å². The number of amides is 1. The number of carbonyl (C=O) groups excluding carboxylic acids is 2. The van der Waals surface area contributed by atoms with Crippen molar-refractivity contribution in [1.82, 2.24) is 5.32 Å². The SMILES string of the molecule is CC(=O)NC1CCCCC1[Se][C@@H]1C(=O)[C@]2(C)CC[C@H]1C2(C)C. The van der Waals surface area contributed by atoms with E-state index >= 15 is 0 Å². The van der Waals surface area contributed by atoms with Crippen molar-refractivity contribution in [3.63, 3.8) is 0 Å². The molecule has 3 aliphatic rings. The fourth-order valence-corrected chi connectivity index (χ4v) is 9.49. The number of ketones is 1. The molecule has 0 aliphatic heterocycles. The molecule has 0 heterocycles. The van der Waals surface area contributed by atoms with Crippen LogP contribution in [0.3, 0.4) is 0 Å². The Balaban J connectivity index is 1.75. The quantitative estimate of drug-likeness (QED) is 0.775. The number of hydrogen-bond acceptors (Lipinski definition) is 2. The van der Waals surface area contributed by atoms with Crippen molar-refractivity contribution < 1.29 is 9.59 Å². The Morgan fingerprint density at radius 2 is 1.86 bits per heavy atom. The van der Waals surface area contributed by atoms with Crippen molar-refractivity contribution in [3.05, 3.63) is 0 Å². The predicted octanol–water partition coefficient (Wildman–Crippen LogP) is 3.37. The van der Waals surface area contributed by atoms with Gasteiger partial charge in [-0.15, -0.1) is 0 Å². The van der Waals surface area contributed by atoms with Crippen LogP contribution in [0.1, 0.15) is 66.2 Å². The van der Waals surface area contributed by atoms with Gasteiger partial charge in [0.1, 0.15) is 0 Å². The van der Waals surface area contributed by atoms with Crippen molar-refractivity contribution in [2.75, 3.05) is 0 Å². The summed E-state index contributed by atoms with van der Waals surface area (Å²) >= 11 is 0.324. The summed E-state index contributed by atoms with van der Waals surface area (Å²) in [5, 5.41) is 3.16. The Morgan fingerprint density at radius 1 is 1.18 bits per heavy atom. The molecular formula is C18H29NO2Se. The van der Waals surface area contributed by atoms with Gasteiger partial charge in [0.25, 0.3) is 0 Å². The van der Waals surface area contributed by atoms with E-state index in [1.165, 1.54) is 25.7 Å². The fourth-order valence-electron chi connectivity index (χ4n) is 5.03. The zero-order chi connectivity index (χ0) is 16.1. The maximum absolute atomic E-state index is 13.0. The van der Waals surface area contributed by atoms with Crippen LogP contribution >= 0.6 is 0 Å². The summed E-state index contributed by atoms with van der Waals surface area (Å²) in [6.07, 6.45) is 7.06. The molecule has 3 aliphatic carbocycles. The van der Waals surface area contributed by atoms with E-state index in [0.717, 1.165) is 12.8 Å². The molecule has 0 aromatic heterocycles. The molecular weight excluding hydrogens is 341 g/mol. The van der Waals surface area contributed by atoms with Crippen LogP contribution in [0.4, 0.5) is 0 Å². The third-order valence-electron chi connectivity index (χ3n) is 6.88. The summed E-state index contributed by atoms with van der Waals surface area (Å²) in [5.74, 6) is 1.20. The van der Waals surface area contributed by atoms with Gasteiger partial charge in [-0.05, 0) is 0 Å². The van der Waals surface area contributed by atoms with Gasteiger partial charge in [-0.2, -0.15) is 0 Å². The molecule has 3 nitrogen and oxygen atoms in total. The summed E-state index contributed by atoms with van der Waals surface area (Å²) in [6.45, 7) is 8.44. The Kier molecular flexibility index (Phi) is 4.23. The van der Waals surface area contributed by atoms with Crippen LogP contribution in [0.15, 0.2) is 0 Å². The van der Waals surface area contributed by atoms with E-state index < -0.39 is 0 Å². The first-order valence-electron chi connectivity index (χ1n) is 8.74. The summed E-state index contributed by atoms with van der Waals surface area (Å²) in [5.41, 5.74) is 0.0664. The summed E-state index contributed by atoms with van der Waals surface area (Å²) in [6, 6.07) is 0.314. The number of Topliss-reactive ketones (excluding diaryl/α,β-unsaturated/α-hetero) is 1. The van der Waals surface area contributed by atoms with Gasteiger partial charge in [0.15, 0.2) is 0 Å². The molecule has 1 N–H and O–H groups in total. The van der Waals surface area contributed by atoms with Crippen molar-refractivity contribution >= 4 is 26.6 Å². The summed E-state index contributed by atoms with van der Waals surface area (Å²) < 4.78 is 0. The number of rotatable bonds is 3. The number of nitrogens with one attached hydrogen (secondary N) is 1. The van der Waals surface area contributed by atoms with E-state index in [1.54, 1.807) is 6.92 Å². The Hall–Kier alpha value is -0.341. The van der Waals surface area contributed by atoms with Gasteiger partial charge >= 0.3 is 140 Å². The molecule has 0 spiro atoms. The Bertz CT molecular complexity index is 489. The zero-order valence-corrected chi connectivity index (χ0v) is 16.0. The number of fused-ring (bicyclic) bond motifs is 2. The standard InChI is InChI=1S/C18H29NO2Se/c1-11(20)19-13-7-5-6-8-14(13)22-15-12-9-10-18(4,16(15)21)17(12,2)3/h12-15H,5-10H2,1-4H3,(H,19,20)/t12-,13?,14?,15+,18+/m1/s1. The second-order valence-corrected chi connectivity index (χ2v) is 11.2. The number of carbonyl (C=O) groups is 2. The van der Waals surface area contributed by atoms with Gasteiger partial charge in [0.05, 0.1) is 0 Å². The van der Waals surface area contributed by atoms with Crippen molar-refractivity contribution in [1.29, 1.82) is 0 Å². The molecule has 124 valence electrons. The third-order valence-corrected chi connectivity index (χ3v) is 10.6. The van der Waals surface area contributed by atoms with Crippen LogP contribution in [-0.4, -0.2) is 32.7 Å². The van der Waals surface area contributed by atoms with Crippen LogP contribution in [0.25, 0.3) is 0 Å². The molecule has 0 aromatic rings. The average molecular weight is 370 g/mol. The monoisotopic (exact) mass is 371 g/mol. The topological polar surface area (TPSA) is 46.2 Å². The van der Waals surface area contributed by atoms with E-state index in [4.69, 9.17) is 0 Å². The summed E-state index contributed by atoms with van der Waals surface area (Å²) in [7, 11) is 0. The summed E-state index contributed by atoms with van der Waals surface area (Å²) in [4.78, 5) is 25.4. The molecule has 3 rings (SSSR count). The second-order valence-electron chi connectivity index (χ2n) is 8.25. The minimum atomic E-state index is -0.0950. The van der Waals surface area contributed by atoms with Crippen molar-refractivity contribution in [2.45, 2.75) is 81.9 Å². The van der Waals surface area contributed by atoms with Crippen LogP contribution in [-0.2, 0) is 9.59 Å². The van der Waals surface area contributed by atoms with Gasteiger partial charge in [-0.3, -0.25) is 0 Å². The van der Waals surface area contributed by atoms with Crippen LogP contribution < -0.4 is 5.32 Å². The molecule has 0 aromatic carbocycles. The fraction of sp³-hybridized carbons (Fsp3) is 0.889. The molecule has 3 saturated carbocycles. The molecule has 0 radical (unpaired) electrons. The first-order valence-corrected chi connectivity index (χ1v) is 10.7. The van der Waals surface area contributed by atoms with Crippen LogP contribution in [0.5, 0.6) is 0 Å². The average Bonchev–Trinajstić information content (AvgIpc) is 2.74. The molecule has 2 unspecified atom stereocenters. The predicted molar refractivity (Wildman–Crippen MR) is 88.9 cm³/mol. The Morgan fingerprint density at radius 3 is 2.45 bits per heavy atom. The van der Waals surface area contributed by atoms with Crippen molar-refractivity contribution in [3.8, 4) is 0 Å². The van der Waals surface area contributed by atoms with E-state index in [9.17, 15) is 9.59 Å². The van der Waals surface area contributed by atoms with Crippen LogP contribution in [0, 0.1) is 16.7 Å². The van der Waals surface area contributed by atoms with Gasteiger partial charge < -0.3 is 0 Å². The van der Waals surface area contributed by atoms with Gasteiger partial charge in [-0.25, -0.2) is 0 Å². The Labute approximate surface area is 140 Å². The second kappa shape index (κ2) is 5.63. The molecule has 22 heavy (non-hydrogen) atoms. The van der Waals surface area contributed by atoms with E-state index in [2.05, 4.69) is 26.1 Å². The molecule has 5 atom stereocenters. The molecule has 0 saturated heterocycles. The molecule has 2 bridgehead atoms. The first kappa shape index (κ1) is 16.5. The van der Waals surface area contributed by atoms with E-state index in [0.29, 0.717) is 42.3 Å². The van der Waals surface area contributed by atoms with Gasteiger partial charge in [-0.1, -0.05) is 0 Å². The minimum absolute atomic E-state index is 0.0826. The molecule has 4 heteroatoms. The first-order chi connectivity index (χ1) is 10.3. The van der Waals surface area contributed by atoms with Crippen LogP contribution in [0.2, 0.25) is 9.63 Å². The molecule has 1 amide bonds. The zero-order valence-electron chi connectivity index (χ0n) is 14.3.